The normalized spacial score (nSPS) is 16.0. The molecule has 0 aliphatic heterocycles. The van der Waals surface area contributed by atoms with Crippen LogP contribution in [0.5, 0.6) is 0 Å². The molecule has 0 amide bonds. The Balaban J connectivity index is 5.66. The van der Waals surface area contributed by atoms with E-state index in [0.29, 0.717) is 9.76 Å². The van der Waals surface area contributed by atoms with Gasteiger partial charge < -0.3 is 57.6 Å². The van der Waals surface area contributed by atoms with Gasteiger partial charge in [0.25, 0.3) is 0 Å². The highest BCUT2D eigenvalue weighted by molar-refractivity contribution is 6.94. The van der Waals surface area contributed by atoms with Gasteiger partial charge in [0.05, 0.1) is 0 Å². The van der Waals surface area contributed by atoms with Gasteiger partial charge in [-0.15, -0.1) is 0 Å². The third-order valence-electron chi connectivity index (χ3n) is 6.80. The first-order valence-electron chi connectivity index (χ1n) is 20.7. The average molecular weight is 1100 g/mol. The van der Waals surface area contributed by atoms with Crippen molar-refractivity contribution in [2.45, 2.75) is 196 Å². The van der Waals surface area contributed by atoms with Gasteiger partial charge in [-0.2, -0.15) is 0 Å². The molecule has 0 atom stereocenters. The van der Waals surface area contributed by atoms with Crippen molar-refractivity contribution >= 4 is 129 Å². The van der Waals surface area contributed by atoms with Crippen molar-refractivity contribution in [3.8, 4) is 0 Å². The molecule has 0 bridgehead atoms. The van der Waals surface area contributed by atoms with E-state index in [2.05, 4.69) is 190 Å². The van der Waals surface area contributed by atoms with Crippen LogP contribution in [0, 0.1) is 0 Å². The Morgan fingerprint density at radius 1 is 0.186 bits per heavy atom. The molecular weight excluding hydrogens is 1010 g/mol. The molecule has 354 valence electrons. The molecule has 59 heavy (non-hydrogen) atoms. The predicted molar refractivity (Wildman–Crippen MR) is 277 cm³/mol. The SMILES string of the molecule is C[Si]O[Si](C)(C)O[Si](C)(C)O[Si](C)(C)O[Si](C)(C)O[Si](C)(C)O[Si](C)(C)O[Si](C)(C)O[Si](C)(C)O[Si](C)(C)O[Si](C)(C)O[Si](C)(C)O[Si](C)(C)O[Si](C)(C)O[Si](C)(C)C. The zero-order valence-corrected chi connectivity index (χ0v) is 58.2. The summed E-state index contributed by atoms with van der Waals surface area (Å²) in [6.07, 6.45) is 0. The van der Waals surface area contributed by atoms with Crippen LogP contribution >= 0.6 is 0 Å². The summed E-state index contributed by atoms with van der Waals surface area (Å²) in [4.78, 5) is 0. The molecule has 0 aliphatic rings. The summed E-state index contributed by atoms with van der Waals surface area (Å²) < 4.78 is 93.5. The van der Waals surface area contributed by atoms with Gasteiger partial charge in [-0.05, 0) is 196 Å². The molecule has 29 heteroatoms. The Bertz CT molecular complexity index is 1340. The van der Waals surface area contributed by atoms with E-state index in [9.17, 15) is 0 Å². The highest BCUT2D eigenvalue weighted by Gasteiger charge is 2.52. The van der Waals surface area contributed by atoms with Crippen LogP contribution in [0.25, 0.3) is 0 Å². The van der Waals surface area contributed by atoms with Crippen LogP contribution in [0.4, 0.5) is 0 Å². The fraction of sp³-hybridized carbons (Fsp3) is 1.00. The molecule has 0 aromatic rings. The zero-order chi connectivity index (χ0) is 47.6. The molecule has 14 nitrogen and oxygen atoms in total. The quantitative estimate of drug-likeness (QED) is 0.0689. The smallest absolute Gasteiger partial charge is 0.314 e. The van der Waals surface area contributed by atoms with E-state index >= 15 is 0 Å². The largest absolute Gasteiger partial charge is 0.437 e. The Morgan fingerprint density at radius 2 is 0.305 bits per heavy atom. The summed E-state index contributed by atoms with van der Waals surface area (Å²) in [6.45, 7) is 62.3. The van der Waals surface area contributed by atoms with Crippen molar-refractivity contribution in [3.05, 3.63) is 0 Å². The van der Waals surface area contributed by atoms with Crippen LogP contribution in [-0.4, -0.2) is 129 Å². The lowest BCUT2D eigenvalue weighted by atomic mass is 11.8. The van der Waals surface area contributed by atoms with Gasteiger partial charge in [0.1, 0.15) is 0 Å². The fourth-order valence-electron chi connectivity index (χ4n) is 8.36. The Labute approximate surface area is 380 Å². The Morgan fingerprint density at radius 3 is 0.424 bits per heavy atom. The van der Waals surface area contributed by atoms with Gasteiger partial charge in [-0.3, -0.25) is 0 Å². The van der Waals surface area contributed by atoms with E-state index in [1.54, 1.807) is 0 Å². The van der Waals surface area contributed by atoms with Crippen LogP contribution in [0.1, 0.15) is 0 Å². The van der Waals surface area contributed by atoms with E-state index in [1.165, 1.54) is 0 Å². The van der Waals surface area contributed by atoms with Gasteiger partial charge in [0.2, 0.25) is 9.76 Å². The number of hydrogen-bond acceptors (Lipinski definition) is 14. The topological polar surface area (TPSA) is 129 Å². The Hall–Kier alpha value is 2.69. The van der Waals surface area contributed by atoms with Gasteiger partial charge in [-0.1, -0.05) is 0 Å². The summed E-state index contributed by atoms with van der Waals surface area (Å²) in [5.41, 5.74) is 0. The minimum absolute atomic E-state index is 0.377. The molecule has 0 saturated heterocycles. The summed E-state index contributed by atoms with van der Waals surface area (Å²) >= 11 is 0. The molecule has 0 saturated carbocycles. The van der Waals surface area contributed by atoms with Gasteiger partial charge in [0.15, 0.2) is 8.32 Å². The van der Waals surface area contributed by atoms with Crippen molar-refractivity contribution in [1.29, 1.82) is 0 Å². The highest BCUT2D eigenvalue weighted by Crippen LogP contribution is 2.32. The van der Waals surface area contributed by atoms with Crippen LogP contribution < -0.4 is 0 Å². The minimum atomic E-state index is -2.77. The number of hydrogen-bond donors (Lipinski definition) is 0. The first-order chi connectivity index (χ1) is 25.3. The monoisotopic (exact) mass is 1090 g/mol. The summed E-state index contributed by atoms with van der Waals surface area (Å²) in [5, 5.41) is 0. The van der Waals surface area contributed by atoms with Crippen molar-refractivity contribution in [1.82, 2.24) is 0 Å². The molecule has 0 aliphatic carbocycles. The van der Waals surface area contributed by atoms with E-state index in [1.807, 2.05) is 6.55 Å². The third kappa shape index (κ3) is 29.1. The predicted octanol–water partition coefficient (Wildman–Crippen LogP) is 10.8. The van der Waals surface area contributed by atoms with Crippen molar-refractivity contribution in [2.75, 3.05) is 0 Å². The molecule has 0 aromatic heterocycles. The molecule has 0 aromatic carbocycles. The maximum Gasteiger partial charge on any atom is 0.314 e. The standard InChI is InChI=1S/C30H90O14Si15/c1-45-31-47(5,6)33-49(9,10)35-51(13,14)37-53(17,18)39-55(21,22)41-57(25,26)43-59(29,30)44-58(27,28)42-56(23,24)40-54(19,20)38-52(15,16)36-50(11,12)34-48(7,8)32-46(2,3)4/h1-30H3. The summed E-state index contributed by atoms with van der Waals surface area (Å²) in [5.74, 6) is 0. The lowest BCUT2D eigenvalue weighted by molar-refractivity contribution is 0.251. The molecule has 2 radical (unpaired) electrons. The lowest BCUT2D eigenvalue weighted by Gasteiger charge is -2.45. The van der Waals surface area contributed by atoms with Crippen LogP contribution in [0.3, 0.4) is 0 Å². The molecule has 0 fully saturated rings. The van der Waals surface area contributed by atoms with Crippen LogP contribution in [0.2, 0.25) is 196 Å². The lowest BCUT2D eigenvalue weighted by Crippen LogP contribution is -2.63. The van der Waals surface area contributed by atoms with Crippen molar-refractivity contribution in [2.24, 2.45) is 0 Å². The Kier molecular flexibility index (Phi) is 21.9. The summed E-state index contributed by atoms with van der Waals surface area (Å²) in [6, 6.07) is 0. The number of rotatable bonds is 28. The van der Waals surface area contributed by atoms with E-state index in [-0.39, 0.29) is 0 Å². The van der Waals surface area contributed by atoms with Crippen molar-refractivity contribution < 1.29 is 57.6 Å². The van der Waals surface area contributed by atoms with Gasteiger partial charge in [0, 0.05) is 0 Å². The van der Waals surface area contributed by atoms with Crippen molar-refractivity contribution in [3.63, 3.8) is 0 Å². The maximum atomic E-state index is 6.86. The molecule has 0 heterocycles. The molecule has 0 spiro atoms. The van der Waals surface area contributed by atoms with Gasteiger partial charge in [-0.25, -0.2) is 0 Å². The van der Waals surface area contributed by atoms with Gasteiger partial charge >= 0.3 is 111 Å². The molecular formula is C30H90O14Si15. The van der Waals surface area contributed by atoms with Crippen LogP contribution in [-0.2, 0) is 57.6 Å². The fourth-order valence-corrected chi connectivity index (χ4v) is 80.1. The third-order valence-corrected chi connectivity index (χ3v) is 61.2. The highest BCUT2D eigenvalue weighted by atomic mass is 28.5. The molecule has 0 rings (SSSR count). The minimum Gasteiger partial charge on any atom is -0.437 e. The van der Waals surface area contributed by atoms with E-state index < -0.39 is 120 Å². The average Bonchev–Trinajstić information content (AvgIpc) is 2.70. The second-order valence-electron chi connectivity index (χ2n) is 21.9. The van der Waals surface area contributed by atoms with E-state index in [4.69, 9.17) is 57.6 Å². The second kappa shape index (κ2) is 20.9. The first kappa shape index (κ1) is 61.7. The second-order valence-corrected chi connectivity index (χ2v) is 74.4. The molecule has 0 N–H and O–H groups in total. The molecule has 0 unspecified atom stereocenters. The maximum absolute atomic E-state index is 6.86. The summed E-state index contributed by atoms with van der Waals surface area (Å²) in [7, 11) is -35.7. The van der Waals surface area contributed by atoms with E-state index in [0.717, 1.165) is 0 Å². The zero-order valence-electron chi connectivity index (χ0n) is 43.2. The first-order valence-corrected chi connectivity index (χ1v) is 62.1. The van der Waals surface area contributed by atoms with Crippen LogP contribution in [0.15, 0.2) is 0 Å².